The summed E-state index contributed by atoms with van der Waals surface area (Å²) in [6.07, 6.45) is 0. The van der Waals surface area contributed by atoms with Crippen molar-refractivity contribution in [3.8, 4) is 5.75 Å². The Hall–Kier alpha value is -1.99. The van der Waals surface area contributed by atoms with E-state index in [0.717, 1.165) is 6.07 Å². The Labute approximate surface area is 128 Å². The van der Waals surface area contributed by atoms with Crippen LogP contribution < -0.4 is 16.0 Å². The minimum Gasteiger partial charge on any atom is -0.488 e. The summed E-state index contributed by atoms with van der Waals surface area (Å²) in [4.78, 5) is 11.4. The molecule has 0 saturated heterocycles. The molecule has 0 fully saturated rings. The number of carbonyl (C=O) groups excluding carboxylic acids is 1. The van der Waals surface area contributed by atoms with Crippen molar-refractivity contribution in [2.24, 2.45) is 5.84 Å². The summed E-state index contributed by atoms with van der Waals surface area (Å²) in [5.41, 5.74) is 2.37. The number of hydrazine groups is 1. The number of ether oxygens (including phenoxy) is 1. The summed E-state index contributed by atoms with van der Waals surface area (Å²) in [7, 11) is 0. The normalized spacial score (nSPS) is 10.3. The van der Waals surface area contributed by atoms with Crippen molar-refractivity contribution in [1.82, 2.24) is 5.43 Å². The predicted molar refractivity (Wildman–Crippen MR) is 76.5 cm³/mol. The topological polar surface area (TPSA) is 64.3 Å². The van der Waals surface area contributed by atoms with Crippen LogP contribution in [0.2, 0.25) is 0 Å². The minimum atomic E-state index is -0.529. The molecule has 1 amide bonds. The fourth-order valence-corrected chi connectivity index (χ4v) is 2.12. The fraction of sp³-hybridized carbons (Fsp3) is 0.0714. The summed E-state index contributed by atoms with van der Waals surface area (Å²) >= 11 is 3.15. The Bertz CT molecular complexity index is 680. The molecule has 0 saturated carbocycles. The fourth-order valence-electron chi connectivity index (χ4n) is 1.66. The highest BCUT2D eigenvalue weighted by Crippen LogP contribution is 2.26. The Kier molecular flexibility index (Phi) is 4.87. The van der Waals surface area contributed by atoms with Gasteiger partial charge in [0.1, 0.15) is 24.0 Å². The van der Waals surface area contributed by atoms with Gasteiger partial charge in [-0.3, -0.25) is 10.2 Å². The number of nitrogen functional groups attached to an aromatic ring is 1. The number of hydrogen-bond donors (Lipinski definition) is 2. The van der Waals surface area contributed by atoms with Crippen molar-refractivity contribution in [3.63, 3.8) is 0 Å². The first kappa shape index (κ1) is 15.4. The molecule has 0 aliphatic heterocycles. The van der Waals surface area contributed by atoms with Crippen molar-refractivity contribution in [1.29, 1.82) is 0 Å². The minimum absolute atomic E-state index is 0.109. The molecule has 2 rings (SSSR count). The van der Waals surface area contributed by atoms with E-state index in [4.69, 9.17) is 10.6 Å². The number of benzene rings is 2. The third-order valence-electron chi connectivity index (χ3n) is 2.72. The lowest BCUT2D eigenvalue weighted by Gasteiger charge is -2.10. The molecule has 4 nitrogen and oxygen atoms in total. The summed E-state index contributed by atoms with van der Waals surface area (Å²) < 4.78 is 32.5. The highest BCUT2D eigenvalue weighted by molar-refractivity contribution is 9.10. The average Bonchev–Trinajstić information content (AvgIpc) is 2.47. The zero-order valence-corrected chi connectivity index (χ0v) is 12.3. The first-order valence-corrected chi connectivity index (χ1v) is 6.68. The van der Waals surface area contributed by atoms with Gasteiger partial charge in [-0.2, -0.15) is 0 Å². The zero-order valence-electron chi connectivity index (χ0n) is 10.7. The molecule has 2 aromatic rings. The van der Waals surface area contributed by atoms with E-state index in [1.807, 2.05) is 5.43 Å². The first-order chi connectivity index (χ1) is 10.0. The molecule has 0 aliphatic carbocycles. The van der Waals surface area contributed by atoms with Gasteiger partial charge in [0.15, 0.2) is 0 Å². The van der Waals surface area contributed by atoms with Gasteiger partial charge in [0.25, 0.3) is 5.91 Å². The molecule has 7 heteroatoms. The quantitative estimate of drug-likeness (QED) is 0.503. The third kappa shape index (κ3) is 3.77. The summed E-state index contributed by atoms with van der Waals surface area (Å²) in [5.74, 6) is 3.93. The van der Waals surface area contributed by atoms with Crippen LogP contribution in [0.25, 0.3) is 0 Å². The average molecular weight is 357 g/mol. The highest BCUT2D eigenvalue weighted by Gasteiger charge is 2.10. The monoisotopic (exact) mass is 356 g/mol. The van der Waals surface area contributed by atoms with Crippen LogP contribution in [-0.4, -0.2) is 5.91 Å². The number of halogens is 3. The van der Waals surface area contributed by atoms with Gasteiger partial charge in [0.05, 0.1) is 4.47 Å². The van der Waals surface area contributed by atoms with Crippen molar-refractivity contribution in [2.75, 3.05) is 0 Å². The Morgan fingerprint density at radius 1 is 1.24 bits per heavy atom. The molecule has 21 heavy (non-hydrogen) atoms. The Morgan fingerprint density at radius 2 is 2.00 bits per heavy atom. The van der Waals surface area contributed by atoms with Gasteiger partial charge in [-0.15, -0.1) is 0 Å². The van der Waals surface area contributed by atoms with Gasteiger partial charge < -0.3 is 4.74 Å². The molecule has 0 bridgehead atoms. The summed E-state index contributed by atoms with van der Waals surface area (Å²) in [6.45, 7) is -0.109. The van der Waals surface area contributed by atoms with E-state index in [2.05, 4.69) is 15.9 Å². The van der Waals surface area contributed by atoms with E-state index in [0.29, 0.717) is 10.2 Å². The number of nitrogens with one attached hydrogen (secondary N) is 1. The molecular formula is C14H11BrF2N2O2. The molecule has 110 valence electrons. The zero-order chi connectivity index (χ0) is 15.4. The standard InChI is InChI=1S/C14H11BrF2N2O2/c15-11-6-10(16)2-4-13(11)21-7-9-5-8(14(20)19-18)1-3-12(9)17/h1-6H,7,18H2,(H,19,20). The second kappa shape index (κ2) is 6.64. The van der Waals surface area contributed by atoms with E-state index in [1.54, 1.807) is 0 Å². The van der Waals surface area contributed by atoms with Gasteiger partial charge in [-0.05, 0) is 52.3 Å². The van der Waals surface area contributed by atoms with E-state index in [9.17, 15) is 13.6 Å². The SMILES string of the molecule is NNC(=O)c1ccc(F)c(COc2ccc(F)cc2Br)c1. The molecule has 0 radical (unpaired) electrons. The molecule has 0 spiro atoms. The number of hydrogen-bond acceptors (Lipinski definition) is 3. The molecule has 0 unspecified atom stereocenters. The number of carbonyl (C=O) groups is 1. The van der Waals surface area contributed by atoms with Crippen molar-refractivity contribution >= 4 is 21.8 Å². The van der Waals surface area contributed by atoms with Crippen molar-refractivity contribution < 1.29 is 18.3 Å². The third-order valence-corrected chi connectivity index (χ3v) is 3.34. The van der Waals surface area contributed by atoms with Crippen LogP contribution in [-0.2, 0) is 6.61 Å². The van der Waals surface area contributed by atoms with Crippen molar-refractivity contribution in [2.45, 2.75) is 6.61 Å². The smallest absolute Gasteiger partial charge is 0.265 e. The molecule has 0 aliphatic rings. The van der Waals surface area contributed by atoms with Crippen LogP contribution in [0.15, 0.2) is 40.9 Å². The Morgan fingerprint density at radius 3 is 2.67 bits per heavy atom. The summed E-state index contributed by atoms with van der Waals surface area (Å²) in [6, 6.07) is 7.71. The highest BCUT2D eigenvalue weighted by atomic mass is 79.9. The molecule has 0 heterocycles. The molecule has 3 N–H and O–H groups in total. The van der Waals surface area contributed by atoms with E-state index >= 15 is 0 Å². The van der Waals surface area contributed by atoms with Gasteiger partial charge in [0, 0.05) is 11.1 Å². The van der Waals surface area contributed by atoms with Crippen LogP contribution in [0.1, 0.15) is 15.9 Å². The molecular weight excluding hydrogens is 346 g/mol. The molecule has 2 aromatic carbocycles. The maximum atomic E-state index is 13.7. The number of amides is 1. The van der Waals surface area contributed by atoms with E-state index in [1.165, 1.54) is 30.3 Å². The summed E-state index contributed by atoms with van der Waals surface area (Å²) in [5, 5.41) is 0. The number of nitrogens with two attached hydrogens (primary N) is 1. The second-order valence-electron chi connectivity index (χ2n) is 4.14. The van der Waals surface area contributed by atoms with Crippen LogP contribution in [0, 0.1) is 11.6 Å². The van der Waals surface area contributed by atoms with Gasteiger partial charge in [-0.25, -0.2) is 14.6 Å². The molecule has 0 atom stereocenters. The first-order valence-electron chi connectivity index (χ1n) is 5.88. The van der Waals surface area contributed by atoms with Gasteiger partial charge >= 0.3 is 0 Å². The lowest BCUT2D eigenvalue weighted by atomic mass is 10.1. The lowest BCUT2D eigenvalue weighted by Crippen LogP contribution is -2.30. The van der Waals surface area contributed by atoms with Crippen molar-refractivity contribution in [3.05, 3.63) is 63.6 Å². The maximum absolute atomic E-state index is 13.7. The van der Waals surface area contributed by atoms with Gasteiger partial charge in [-0.1, -0.05) is 0 Å². The van der Waals surface area contributed by atoms with Crippen LogP contribution in [0.3, 0.4) is 0 Å². The predicted octanol–water partition coefficient (Wildman–Crippen LogP) is 2.91. The maximum Gasteiger partial charge on any atom is 0.265 e. The largest absolute Gasteiger partial charge is 0.488 e. The van der Waals surface area contributed by atoms with Crippen LogP contribution >= 0.6 is 15.9 Å². The van der Waals surface area contributed by atoms with Gasteiger partial charge in [0.2, 0.25) is 0 Å². The Balaban J connectivity index is 2.17. The van der Waals surface area contributed by atoms with E-state index < -0.39 is 17.5 Å². The second-order valence-corrected chi connectivity index (χ2v) is 5.00. The molecule has 0 aromatic heterocycles. The van der Waals surface area contributed by atoms with E-state index in [-0.39, 0.29) is 17.7 Å². The number of rotatable bonds is 4. The lowest BCUT2D eigenvalue weighted by molar-refractivity contribution is 0.0953. The van der Waals surface area contributed by atoms with Crippen LogP contribution in [0.4, 0.5) is 8.78 Å². The van der Waals surface area contributed by atoms with Crippen LogP contribution in [0.5, 0.6) is 5.75 Å².